The third-order valence-corrected chi connectivity index (χ3v) is 5.71. The van der Waals surface area contributed by atoms with Crippen molar-refractivity contribution in [2.24, 2.45) is 0 Å². The molecule has 0 saturated heterocycles. The van der Waals surface area contributed by atoms with Crippen molar-refractivity contribution in [1.29, 1.82) is 5.26 Å². The molecule has 0 radical (unpaired) electrons. The van der Waals surface area contributed by atoms with E-state index in [-0.39, 0.29) is 11.9 Å². The highest BCUT2D eigenvalue weighted by Crippen LogP contribution is 2.30. The molecular weight excluding hydrogens is 400 g/mol. The molecule has 5 rings (SSSR count). The number of aryl methyl sites for hydroxylation is 2. The Labute approximate surface area is 185 Å². The molecule has 0 saturated carbocycles. The molecule has 0 aliphatic carbocycles. The second-order valence-electron chi connectivity index (χ2n) is 7.79. The Morgan fingerprint density at radius 3 is 2.81 bits per heavy atom. The molecule has 1 N–H and O–H groups in total. The van der Waals surface area contributed by atoms with Gasteiger partial charge in [-0.2, -0.15) is 5.26 Å². The van der Waals surface area contributed by atoms with Crippen LogP contribution in [0.2, 0.25) is 0 Å². The first-order chi connectivity index (χ1) is 15.6. The summed E-state index contributed by atoms with van der Waals surface area (Å²) < 4.78 is 1.85. The van der Waals surface area contributed by atoms with Gasteiger partial charge in [0.25, 0.3) is 5.91 Å². The summed E-state index contributed by atoms with van der Waals surface area (Å²) in [5.41, 5.74) is 4.57. The average Bonchev–Trinajstić information content (AvgIpc) is 3.41. The molecule has 0 bridgehead atoms. The normalized spacial score (nSPS) is 14.6. The maximum Gasteiger partial charge on any atom is 0.296 e. The summed E-state index contributed by atoms with van der Waals surface area (Å²) >= 11 is 0. The molecule has 3 heterocycles. The average molecular weight is 420 g/mol. The number of anilines is 1. The molecule has 1 aliphatic rings. The fourth-order valence-corrected chi connectivity index (χ4v) is 4.08. The zero-order chi connectivity index (χ0) is 22.1. The Morgan fingerprint density at radius 2 is 2.00 bits per heavy atom. The summed E-state index contributed by atoms with van der Waals surface area (Å²) in [5, 5.41) is 16.5. The molecule has 4 aromatic rings. The molecule has 7 heteroatoms. The van der Waals surface area contributed by atoms with E-state index in [9.17, 15) is 10.1 Å². The van der Waals surface area contributed by atoms with Crippen molar-refractivity contribution in [1.82, 2.24) is 19.7 Å². The van der Waals surface area contributed by atoms with Crippen molar-refractivity contribution in [3.8, 4) is 17.2 Å². The van der Waals surface area contributed by atoms with E-state index >= 15 is 0 Å². The molecule has 1 atom stereocenters. The second kappa shape index (κ2) is 8.08. The fourth-order valence-electron chi connectivity index (χ4n) is 4.08. The van der Waals surface area contributed by atoms with Crippen molar-refractivity contribution >= 4 is 11.7 Å². The molecule has 1 aliphatic heterocycles. The van der Waals surface area contributed by atoms with Crippen LogP contribution >= 0.6 is 0 Å². The number of hydrogen-bond donors (Lipinski definition) is 1. The first-order valence-corrected chi connectivity index (χ1v) is 10.4. The van der Waals surface area contributed by atoms with Gasteiger partial charge in [-0.3, -0.25) is 4.79 Å². The van der Waals surface area contributed by atoms with Crippen molar-refractivity contribution in [2.45, 2.75) is 25.8 Å². The maximum absolute atomic E-state index is 12.8. The lowest BCUT2D eigenvalue weighted by molar-refractivity contribution is 0.101. The topological polar surface area (TPSA) is 96.5 Å². The number of hydrogen-bond acceptors (Lipinski definition) is 5. The molecule has 0 fully saturated rings. The highest BCUT2D eigenvalue weighted by Gasteiger charge is 2.28. The summed E-state index contributed by atoms with van der Waals surface area (Å²) in [4.78, 5) is 21.6. The lowest BCUT2D eigenvalue weighted by atomic mass is 9.99. The number of benzene rings is 2. The smallest absolute Gasteiger partial charge is 0.296 e. The quantitative estimate of drug-likeness (QED) is 0.531. The minimum atomic E-state index is -0.397. The van der Waals surface area contributed by atoms with E-state index in [1.165, 1.54) is 0 Å². The molecule has 156 valence electrons. The number of carbonyl (C=O) groups excluding carboxylic acids is 1. The third-order valence-electron chi connectivity index (χ3n) is 5.71. The number of amides is 1. The van der Waals surface area contributed by atoms with Gasteiger partial charge in [-0.05, 0) is 59.9 Å². The van der Waals surface area contributed by atoms with Crippen LogP contribution in [0.25, 0.3) is 11.1 Å². The summed E-state index contributed by atoms with van der Waals surface area (Å²) in [5.74, 6) is 0.958. The van der Waals surface area contributed by atoms with Crippen LogP contribution in [0.5, 0.6) is 0 Å². The van der Waals surface area contributed by atoms with Crippen molar-refractivity contribution in [3.63, 3.8) is 0 Å². The standard InChI is InChI=1S/C25H20N6O/c1-16-7-8-17(15-26)13-20(16)19-11-12-27-22(14-19)28-25(32)24-29-23-10-9-21(31(23)30-24)18-5-3-2-4-6-18/h2-8,11-14,21H,9-10H2,1H3,(H,27,28,32). The number of fused-ring (bicyclic) bond motifs is 1. The van der Waals surface area contributed by atoms with E-state index in [0.29, 0.717) is 11.4 Å². The largest absolute Gasteiger partial charge is 0.304 e. The molecule has 2 aromatic heterocycles. The highest BCUT2D eigenvalue weighted by atomic mass is 16.2. The Kier molecular flexibility index (Phi) is 4.96. The number of pyridine rings is 1. The van der Waals surface area contributed by atoms with Gasteiger partial charge in [-0.1, -0.05) is 36.4 Å². The van der Waals surface area contributed by atoms with Crippen LogP contribution in [0.1, 0.15) is 45.6 Å². The predicted octanol–water partition coefficient (Wildman–Crippen LogP) is 4.31. The molecule has 2 aromatic carbocycles. The lowest BCUT2D eigenvalue weighted by Crippen LogP contribution is -2.16. The molecule has 0 spiro atoms. The SMILES string of the molecule is Cc1ccc(C#N)cc1-c1ccnc(NC(=O)c2nc3n(n2)C(c2ccccc2)CC3)c1. The van der Waals surface area contributed by atoms with Gasteiger partial charge in [0.15, 0.2) is 0 Å². The Morgan fingerprint density at radius 1 is 1.16 bits per heavy atom. The summed E-state index contributed by atoms with van der Waals surface area (Å²) in [6, 6.07) is 21.6. The van der Waals surface area contributed by atoms with Gasteiger partial charge in [0.2, 0.25) is 5.82 Å². The van der Waals surface area contributed by atoms with Crippen molar-refractivity contribution in [3.05, 3.63) is 95.2 Å². The Balaban J connectivity index is 1.38. The van der Waals surface area contributed by atoms with Crippen molar-refractivity contribution in [2.75, 3.05) is 5.32 Å². The van der Waals surface area contributed by atoms with E-state index in [1.54, 1.807) is 18.3 Å². The van der Waals surface area contributed by atoms with Gasteiger partial charge >= 0.3 is 0 Å². The number of nitrogens with zero attached hydrogens (tertiary/aromatic N) is 5. The zero-order valence-corrected chi connectivity index (χ0v) is 17.5. The highest BCUT2D eigenvalue weighted by molar-refractivity contribution is 6.01. The minimum absolute atomic E-state index is 0.0945. The number of carbonyl (C=O) groups is 1. The number of rotatable bonds is 4. The first-order valence-electron chi connectivity index (χ1n) is 10.4. The fraction of sp³-hybridized carbons (Fsp3) is 0.160. The van der Waals surface area contributed by atoms with Crippen molar-refractivity contribution < 1.29 is 4.79 Å². The Bertz CT molecular complexity index is 1350. The van der Waals surface area contributed by atoms with Gasteiger partial charge in [0.1, 0.15) is 11.6 Å². The van der Waals surface area contributed by atoms with E-state index in [4.69, 9.17) is 0 Å². The van der Waals surface area contributed by atoms with Crippen LogP contribution in [0, 0.1) is 18.3 Å². The van der Waals surface area contributed by atoms with Gasteiger partial charge in [-0.25, -0.2) is 14.6 Å². The van der Waals surface area contributed by atoms with E-state index in [2.05, 4.69) is 38.6 Å². The molecule has 1 unspecified atom stereocenters. The molecule has 1 amide bonds. The van der Waals surface area contributed by atoms with Gasteiger partial charge in [0.05, 0.1) is 17.7 Å². The second-order valence-corrected chi connectivity index (χ2v) is 7.79. The molecular formula is C25H20N6O. The number of nitriles is 1. The minimum Gasteiger partial charge on any atom is -0.304 e. The lowest BCUT2D eigenvalue weighted by Gasteiger charge is -2.11. The van der Waals surface area contributed by atoms with Gasteiger partial charge in [0, 0.05) is 12.6 Å². The zero-order valence-electron chi connectivity index (χ0n) is 17.5. The summed E-state index contributed by atoms with van der Waals surface area (Å²) in [7, 11) is 0. The first kappa shape index (κ1) is 19.6. The van der Waals surface area contributed by atoms with Crippen LogP contribution < -0.4 is 5.32 Å². The third kappa shape index (κ3) is 3.63. The van der Waals surface area contributed by atoms with E-state index < -0.39 is 5.91 Å². The van der Waals surface area contributed by atoms with E-state index in [0.717, 1.165) is 40.9 Å². The molecule has 7 nitrogen and oxygen atoms in total. The number of nitrogens with one attached hydrogen (secondary N) is 1. The maximum atomic E-state index is 12.8. The van der Waals surface area contributed by atoms with E-state index in [1.807, 2.05) is 48.0 Å². The number of aromatic nitrogens is 4. The van der Waals surface area contributed by atoms with Gasteiger partial charge in [-0.15, -0.1) is 5.10 Å². The van der Waals surface area contributed by atoms with Crippen LogP contribution in [-0.4, -0.2) is 25.7 Å². The van der Waals surface area contributed by atoms with Crippen LogP contribution in [0.4, 0.5) is 5.82 Å². The van der Waals surface area contributed by atoms with Crippen LogP contribution in [0.15, 0.2) is 66.9 Å². The van der Waals surface area contributed by atoms with Crippen LogP contribution in [-0.2, 0) is 6.42 Å². The molecule has 32 heavy (non-hydrogen) atoms. The summed E-state index contributed by atoms with van der Waals surface area (Å²) in [6.07, 6.45) is 3.34. The predicted molar refractivity (Wildman–Crippen MR) is 120 cm³/mol. The summed E-state index contributed by atoms with van der Waals surface area (Å²) in [6.45, 7) is 1.98. The monoisotopic (exact) mass is 420 g/mol. The van der Waals surface area contributed by atoms with Gasteiger partial charge < -0.3 is 5.32 Å². The Hall–Kier alpha value is -4.31. The van der Waals surface area contributed by atoms with Crippen LogP contribution in [0.3, 0.4) is 0 Å².